The molecule has 2 atom stereocenters. The summed E-state index contributed by atoms with van der Waals surface area (Å²) in [5.41, 5.74) is 15.6. The van der Waals surface area contributed by atoms with Crippen LogP contribution in [-0.2, 0) is 5.41 Å². The minimum Gasteiger partial charge on any atom is -0.309 e. The molecular formula is C54H37N3. The third-order valence-electron chi connectivity index (χ3n) is 12.7. The van der Waals surface area contributed by atoms with E-state index in [-0.39, 0.29) is 17.3 Å². The summed E-state index contributed by atoms with van der Waals surface area (Å²) in [6, 6.07) is 66.9. The van der Waals surface area contributed by atoms with Crippen molar-refractivity contribution in [1.82, 2.24) is 14.1 Å². The lowest BCUT2D eigenvalue weighted by atomic mass is 9.63. The van der Waals surface area contributed by atoms with Gasteiger partial charge in [0.15, 0.2) is 0 Å². The number of rotatable bonds is 5. The quantitative estimate of drug-likeness (QED) is 0.173. The molecule has 3 aromatic heterocycles. The van der Waals surface area contributed by atoms with E-state index in [1.807, 2.05) is 12.3 Å². The van der Waals surface area contributed by atoms with Crippen LogP contribution in [0.2, 0.25) is 0 Å². The average molecular weight is 728 g/mol. The summed E-state index contributed by atoms with van der Waals surface area (Å²) >= 11 is 0. The van der Waals surface area contributed by atoms with Crippen LogP contribution in [0.1, 0.15) is 28.2 Å². The molecule has 0 bridgehead atoms. The topological polar surface area (TPSA) is 22.8 Å². The number of para-hydroxylation sites is 2. The van der Waals surface area contributed by atoms with Gasteiger partial charge in [-0.05, 0) is 81.9 Å². The van der Waals surface area contributed by atoms with E-state index in [4.69, 9.17) is 4.98 Å². The highest BCUT2D eigenvalue weighted by molar-refractivity contribution is 6.11. The lowest BCUT2D eigenvalue weighted by Crippen LogP contribution is -2.34. The average Bonchev–Trinajstić information content (AvgIpc) is 3.92. The third-order valence-corrected chi connectivity index (χ3v) is 12.7. The standard InChI is InChI=1S/C54H37N3/c1-3-14-38(15-4-1)54(39-16-5-2-6-17-39)46-21-10-7-19-44(46)51-47(54)34-33-43-42-18-8-11-22-48(42)57(53(43)51)41-31-27-37(28-32-41)36-25-29-40(30-26-36)56-49-23-12-9-20-45(49)52-50(56)24-13-35-55-52/h1-35,44,46H. The van der Waals surface area contributed by atoms with E-state index in [1.54, 1.807) is 0 Å². The summed E-state index contributed by atoms with van der Waals surface area (Å²) in [7, 11) is 0. The molecular weight excluding hydrogens is 691 g/mol. The van der Waals surface area contributed by atoms with E-state index in [1.165, 1.54) is 60.6 Å². The van der Waals surface area contributed by atoms with E-state index in [9.17, 15) is 0 Å². The SMILES string of the molecule is C1=CC2c3c(ccc4c5ccccc5n(-c5ccc(-c6ccc(-n7c8ccccc8c8ncccc87)cc6)cc5)c34)C(c3ccccc3)(c3ccccc3)C2C=C1. The molecule has 0 saturated carbocycles. The first kappa shape index (κ1) is 32.1. The Morgan fingerprint density at radius 3 is 1.68 bits per heavy atom. The van der Waals surface area contributed by atoms with Crippen molar-refractivity contribution in [2.24, 2.45) is 5.92 Å². The minimum atomic E-state index is -0.342. The van der Waals surface area contributed by atoms with Gasteiger partial charge in [0, 0.05) is 45.6 Å². The second-order valence-electron chi connectivity index (χ2n) is 15.5. The zero-order chi connectivity index (χ0) is 37.5. The van der Waals surface area contributed by atoms with Crippen LogP contribution >= 0.6 is 0 Å². The van der Waals surface area contributed by atoms with Gasteiger partial charge >= 0.3 is 0 Å². The fraction of sp³-hybridized carbons (Fsp3) is 0.0556. The first-order valence-corrected chi connectivity index (χ1v) is 19.9. The zero-order valence-electron chi connectivity index (χ0n) is 31.2. The Kier molecular flexibility index (Phi) is 6.97. The van der Waals surface area contributed by atoms with Gasteiger partial charge in [-0.1, -0.05) is 158 Å². The Labute approximate surface area is 331 Å². The third kappa shape index (κ3) is 4.51. The smallest absolute Gasteiger partial charge is 0.0963 e. The molecule has 0 N–H and O–H groups in total. The number of pyridine rings is 1. The molecule has 0 saturated heterocycles. The zero-order valence-corrected chi connectivity index (χ0v) is 31.2. The molecule has 10 aromatic rings. The van der Waals surface area contributed by atoms with Crippen molar-refractivity contribution in [1.29, 1.82) is 0 Å². The van der Waals surface area contributed by atoms with Gasteiger partial charge in [-0.2, -0.15) is 0 Å². The highest BCUT2D eigenvalue weighted by atomic mass is 15.0. The molecule has 0 spiro atoms. The number of hydrogen-bond donors (Lipinski definition) is 0. The predicted molar refractivity (Wildman–Crippen MR) is 236 cm³/mol. The number of nitrogens with zero attached hydrogens (tertiary/aromatic N) is 3. The molecule has 0 fully saturated rings. The number of hydrogen-bond acceptors (Lipinski definition) is 1. The molecule has 0 amide bonds. The lowest BCUT2D eigenvalue weighted by Gasteiger charge is -2.38. The maximum atomic E-state index is 4.73. The summed E-state index contributed by atoms with van der Waals surface area (Å²) < 4.78 is 4.85. The fourth-order valence-corrected chi connectivity index (χ4v) is 10.4. The summed E-state index contributed by atoms with van der Waals surface area (Å²) in [5, 5.41) is 3.74. The number of benzene rings is 7. The van der Waals surface area contributed by atoms with Crippen molar-refractivity contribution in [2.45, 2.75) is 11.3 Å². The first-order valence-electron chi connectivity index (χ1n) is 19.9. The van der Waals surface area contributed by atoms with E-state index in [0.29, 0.717) is 0 Å². The van der Waals surface area contributed by atoms with Crippen molar-refractivity contribution >= 4 is 43.7 Å². The molecule has 0 aliphatic heterocycles. The number of aromatic nitrogens is 3. The highest BCUT2D eigenvalue weighted by Gasteiger charge is 2.53. The van der Waals surface area contributed by atoms with Gasteiger partial charge in [-0.25, -0.2) is 0 Å². The van der Waals surface area contributed by atoms with Crippen molar-refractivity contribution in [3.63, 3.8) is 0 Å². The van der Waals surface area contributed by atoms with Crippen molar-refractivity contribution in [2.75, 3.05) is 0 Å². The Morgan fingerprint density at radius 2 is 1.00 bits per heavy atom. The van der Waals surface area contributed by atoms with Gasteiger partial charge in [-0.15, -0.1) is 0 Å². The Hall–Kier alpha value is -7.23. The van der Waals surface area contributed by atoms with Crippen LogP contribution in [0, 0.1) is 5.92 Å². The molecule has 3 heterocycles. The van der Waals surface area contributed by atoms with Crippen LogP contribution in [0.4, 0.5) is 0 Å². The van der Waals surface area contributed by atoms with Gasteiger partial charge in [-0.3, -0.25) is 4.98 Å². The van der Waals surface area contributed by atoms with E-state index in [0.717, 1.165) is 27.9 Å². The summed E-state index contributed by atoms with van der Waals surface area (Å²) in [5.74, 6) is 0.434. The summed E-state index contributed by atoms with van der Waals surface area (Å²) in [6.07, 6.45) is 11.3. The Bertz CT molecular complexity index is 3130. The largest absolute Gasteiger partial charge is 0.309 e. The van der Waals surface area contributed by atoms with Gasteiger partial charge in [0.05, 0.1) is 33.0 Å². The molecule has 12 rings (SSSR count). The second kappa shape index (κ2) is 12.4. The monoisotopic (exact) mass is 727 g/mol. The molecule has 2 aliphatic rings. The predicted octanol–water partition coefficient (Wildman–Crippen LogP) is 13.1. The maximum absolute atomic E-state index is 4.73. The summed E-state index contributed by atoms with van der Waals surface area (Å²) in [6.45, 7) is 0. The lowest BCUT2D eigenvalue weighted by molar-refractivity contribution is 0.457. The molecule has 2 unspecified atom stereocenters. The molecule has 3 nitrogen and oxygen atoms in total. The van der Waals surface area contributed by atoms with Crippen LogP contribution in [-0.4, -0.2) is 14.1 Å². The molecule has 0 radical (unpaired) electrons. The van der Waals surface area contributed by atoms with E-state index >= 15 is 0 Å². The van der Waals surface area contributed by atoms with E-state index < -0.39 is 0 Å². The van der Waals surface area contributed by atoms with Crippen LogP contribution in [0.5, 0.6) is 0 Å². The van der Waals surface area contributed by atoms with Crippen LogP contribution in [0.25, 0.3) is 66.2 Å². The van der Waals surface area contributed by atoms with Crippen molar-refractivity contribution < 1.29 is 0 Å². The van der Waals surface area contributed by atoms with Crippen LogP contribution < -0.4 is 0 Å². The van der Waals surface area contributed by atoms with Crippen LogP contribution in [0.15, 0.2) is 212 Å². The normalized spacial score (nSPS) is 16.8. The maximum Gasteiger partial charge on any atom is 0.0963 e. The second-order valence-corrected chi connectivity index (χ2v) is 15.5. The van der Waals surface area contributed by atoms with Gasteiger partial charge in [0.25, 0.3) is 0 Å². The molecule has 268 valence electrons. The minimum absolute atomic E-state index is 0.209. The molecule has 7 aromatic carbocycles. The molecule has 2 aliphatic carbocycles. The first-order chi connectivity index (χ1) is 28.3. The Balaban J connectivity index is 1.02. The molecule has 3 heteroatoms. The van der Waals surface area contributed by atoms with Crippen LogP contribution in [0.3, 0.4) is 0 Å². The fourth-order valence-electron chi connectivity index (χ4n) is 10.4. The van der Waals surface area contributed by atoms with Gasteiger partial charge in [0.2, 0.25) is 0 Å². The van der Waals surface area contributed by atoms with Crippen molar-refractivity contribution in [3.05, 3.63) is 235 Å². The molecule has 57 heavy (non-hydrogen) atoms. The van der Waals surface area contributed by atoms with Crippen molar-refractivity contribution in [3.8, 4) is 22.5 Å². The highest BCUT2D eigenvalue weighted by Crippen LogP contribution is 2.61. The van der Waals surface area contributed by atoms with Gasteiger partial charge in [0.1, 0.15) is 0 Å². The Morgan fingerprint density at radius 1 is 0.439 bits per heavy atom. The number of allylic oxidation sites excluding steroid dienone is 4. The van der Waals surface area contributed by atoms with E-state index in [2.05, 4.69) is 209 Å². The van der Waals surface area contributed by atoms with Gasteiger partial charge < -0.3 is 9.13 Å². The number of fused-ring (bicyclic) bond motifs is 10. The summed E-state index contributed by atoms with van der Waals surface area (Å²) in [4.78, 5) is 4.73.